The molecular weight excluding hydrogens is 565 g/mol. The second-order valence-corrected chi connectivity index (χ2v) is 10.4. The molecule has 0 amide bonds. The molecule has 3 nitrogen and oxygen atoms in total. The molecule has 3 rings (SSSR count). The minimum absolute atomic E-state index is 0. The summed E-state index contributed by atoms with van der Waals surface area (Å²) in [6, 6.07) is 17.0. The van der Waals surface area contributed by atoms with Gasteiger partial charge in [0.05, 0.1) is 11.4 Å². The van der Waals surface area contributed by atoms with Crippen molar-refractivity contribution in [2.45, 2.75) is 85.5 Å². The summed E-state index contributed by atoms with van der Waals surface area (Å²) in [7, 11) is 0. The first-order valence-corrected chi connectivity index (χ1v) is 13.2. The van der Waals surface area contributed by atoms with Gasteiger partial charge in [-0.15, -0.1) is 6.21 Å². The largest absolute Gasteiger partial charge is 3.00 e. The quantitative estimate of drug-likeness (QED) is 0.218. The van der Waals surface area contributed by atoms with Crippen LogP contribution in [-0.2, 0) is 23.5 Å². The number of pyridine rings is 1. The van der Waals surface area contributed by atoms with Crippen molar-refractivity contribution >= 4 is 23.8 Å². The van der Waals surface area contributed by atoms with Crippen LogP contribution in [0.1, 0.15) is 107 Å². The zero-order valence-electron chi connectivity index (χ0n) is 24.6. The Morgan fingerprint density at radius 1 is 0.667 bits per heavy atom. The zero-order valence-corrected chi connectivity index (χ0v) is 27.2. The molecule has 0 saturated carbocycles. The minimum Gasteiger partial charge on any atom is -1.00 e. The Morgan fingerprint density at radius 2 is 1.08 bits per heavy atom. The summed E-state index contributed by atoms with van der Waals surface area (Å²) < 4.78 is 0. The second-order valence-electron chi connectivity index (χ2n) is 10.4. The summed E-state index contributed by atoms with van der Waals surface area (Å²) >= 11 is 0. The summed E-state index contributed by atoms with van der Waals surface area (Å²) in [5, 5.41) is 0. The fourth-order valence-corrected chi connectivity index (χ4v) is 4.17. The van der Waals surface area contributed by atoms with Crippen LogP contribution in [0.5, 0.6) is 0 Å². The van der Waals surface area contributed by atoms with Gasteiger partial charge in [0.2, 0.25) is 0 Å². The third-order valence-corrected chi connectivity index (χ3v) is 6.18. The predicted molar refractivity (Wildman–Crippen MR) is 159 cm³/mol. The van der Waals surface area contributed by atoms with Gasteiger partial charge in [0.15, 0.2) is 0 Å². The Labute approximate surface area is 260 Å². The number of hydrogen-bond donors (Lipinski definition) is 0. The van der Waals surface area contributed by atoms with Gasteiger partial charge in [-0.3, -0.25) is 15.0 Å². The standard InChI is InChI=1S/C19H24N2.C14H20N.2ClH.Fe/c1-14(2)17-8-5-9-18(15(3)4)19(17)21-12-10-16-7-6-11-20-13-16;1-6-15-14-12(10(2)3)8-7-9-13(14)11(4)5;;;/h5-9,11-15H,10H2,1-4H3;6-11H,1H2,2-5H3;2*1H;/q;-1;;;+3/p-2. The normalized spacial score (nSPS) is 10.9. The summed E-state index contributed by atoms with van der Waals surface area (Å²) in [5.74, 6) is 1.97. The molecule has 0 N–H and O–H groups in total. The van der Waals surface area contributed by atoms with Gasteiger partial charge in [-0.25, -0.2) is 0 Å². The van der Waals surface area contributed by atoms with E-state index in [0.29, 0.717) is 23.7 Å². The molecule has 213 valence electrons. The Morgan fingerprint density at radius 3 is 1.41 bits per heavy atom. The van der Waals surface area contributed by atoms with E-state index in [2.05, 4.69) is 115 Å². The first kappa shape index (κ1) is 39.0. The van der Waals surface area contributed by atoms with E-state index in [4.69, 9.17) is 4.99 Å². The summed E-state index contributed by atoms with van der Waals surface area (Å²) in [6.45, 7) is 21.4. The molecule has 0 aliphatic carbocycles. The van der Waals surface area contributed by atoms with Crippen molar-refractivity contribution < 1.29 is 41.9 Å². The van der Waals surface area contributed by atoms with Gasteiger partial charge >= 0.3 is 17.1 Å². The van der Waals surface area contributed by atoms with Crippen molar-refractivity contribution in [2.75, 3.05) is 0 Å². The molecule has 0 aliphatic heterocycles. The van der Waals surface area contributed by atoms with E-state index in [1.165, 1.54) is 27.8 Å². The van der Waals surface area contributed by atoms with Crippen molar-refractivity contribution in [3.05, 3.63) is 95.7 Å². The molecule has 3 aromatic rings. The molecule has 1 aromatic heterocycles. The maximum Gasteiger partial charge on any atom is 3.00 e. The fraction of sp³-hybridized carbons (Fsp3) is 0.394. The molecule has 1 radical (unpaired) electrons. The number of aliphatic imine (C=N–C) groups is 2. The van der Waals surface area contributed by atoms with E-state index in [-0.39, 0.29) is 41.9 Å². The van der Waals surface area contributed by atoms with Crippen molar-refractivity contribution in [1.82, 2.24) is 4.98 Å². The molecule has 2 aromatic carbocycles. The van der Waals surface area contributed by atoms with Crippen LogP contribution in [0.4, 0.5) is 11.4 Å². The average Bonchev–Trinajstić information content (AvgIpc) is 2.85. The van der Waals surface area contributed by atoms with Gasteiger partial charge in [-0.2, -0.15) is 0 Å². The maximum absolute atomic E-state index is 4.79. The van der Waals surface area contributed by atoms with Gasteiger partial charge < -0.3 is 31.7 Å². The average molecular weight is 609 g/mol. The molecule has 0 unspecified atom stereocenters. The van der Waals surface area contributed by atoms with Crippen LogP contribution in [0.3, 0.4) is 0 Å². The summed E-state index contributed by atoms with van der Waals surface area (Å²) in [5.41, 5.74) is 8.70. The minimum atomic E-state index is 0. The van der Waals surface area contributed by atoms with E-state index < -0.39 is 0 Å². The number of halogens is 2. The van der Waals surface area contributed by atoms with Gasteiger partial charge in [0, 0.05) is 25.0 Å². The van der Waals surface area contributed by atoms with Gasteiger partial charge in [-0.05, 0) is 57.6 Å². The summed E-state index contributed by atoms with van der Waals surface area (Å²) in [6.07, 6.45) is 8.14. The number of benzene rings is 2. The van der Waals surface area contributed by atoms with Crippen LogP contribution in [0.15, 0.2) is 70.9 Å². The smallest absolute Gasteiger partial charge is 1.00 e. The van der Waals surface area contributed by atoms with E-state index in [1.54, 1.807) is 12.4 Å². The van der Waals surface area contributed by atoms with E-state index >= 15 is 0 Å². The van der Waals surface area contributed by atoms with Crippen LogP contribution in [0.25, 0.3) is 0 Å². The van der Waals surface area contributed by atoms with Crippen LogP contribution in [-0.4, -0.2) is 17.4 Å². The maximum atomic E-state index is 4.79. The molecule has 1 heterocycles. The molecule has 0 aliphatic rings. The topological polar surface area (TPSA) is 37.6 Å². The Balaban J connectivity index is 0. The SMILES string of the molecule is CC(C)c1cccc(C(C)C)c1N=CCc1cccnc1.[CH2-]C=Nc1c(C(C)C)cccc1C(C)C.[Cl-].[Cl-].[Fe+3]. The van der Waals surface area contributed by atoms with Gasteiger partial charge in [0.25, 0.3) is 0 Å². The van der Waals surface area contributed by atoms with E-state index in [0.717, 1.165) is 17.8 Å². The number of nitrogens with zero attached hydrogens (tertiary/aromatic N) is 3. The number of rotatable bonds is 8. The Hall–Kier alpha value is -2.10. The predicted octanol–water partition coefficient (Wildman–Crippen LogP) is 3.75. The van der Waals surface area contributed by atoms with Crippen molar-refractivity contribution in [2.24, 2.45) is 9.98 Å². The third-order valence-electron chi connectivity index (χ3n) is 6.18. The van der Waals surface area contributed by atoms with Crippen LogP contribution in [0.2, 0.25) is 0 Å². The number of aromatic nitrogens is 1. The van der Waals surface area contributed by atoms with Crippen molar-refractivity contribution in [1.29, 1.82) is 0 Å². The molecule has 39 heavy (non-hydrogen) atoms. The number of para-hydroxylation sites is 2. The van der Waals surface area contributed by atoms with Crippen LogP contribution < -0.4 is 24.8 Å². The van der Waals surface area contributed by atoms with Gasteiger partial charge in [0.1, 0.15) is 0 Å². The summed E-state index contributed by atoms with van der Waals surface area (Å²) in [4.78, 5) is 13.3. The van der Waals surface area contributed by atoms with E-state index in [9.17, 15) is 0 Å². The monoisotopic (exact) mass is 608 g/mol. The third kappa shape index (κ3) is 11.9. The first-order chi connectivity index (χ1) is 17.2. The second kappa shape index (κ2) is 19.9. The molecule has 0 saturated heterocycles. The molecule has 0 spiro atoms. The van der Waals surface area contributed by atoms with Crippen molar-refractivity contribution in [3.8, 4) is 0 Å². The first-order valence-electron chi connectivity index (χ1n) is 13.2. The van der Waals surface area contributed by atoms with Crippen LogP contribution >= 0.6 is 0 Å². The Bertz CT molecular complexity index is 1090. The Kier molecular flexibility index (Phi) is 19.9. The molecule has 0 fully saturated rings. The molecule has 0 atom stereocenters. The van der Waals surface area contributed by atoms with E-state index in [1.807, 2.05) is 18.5 Å². The molecule has 6 heteroatoms. The van der Waals surface area contributed by atoms with Crippen molar-refractivity contribution in [3.63, 3.8) is 0 Å². The van der Waals surface area contributed by atoms with Crippen LogP contribution in [0, 0.1) is 6.92 Å². The fourth-order valence-electron chi connectivity index (χ4n) is 4.17. The molecular formula is C33H44Cl2FeN3. The number of hydrogen-bond acceptors (Lipinski definition) is 3. The molecule has 0 bridgehead atoms. The van der Waals surface area contributed by atoms with Gasteiger partial charge in [-0.1, -0.05) is 97.9 Å². The zero-order chi connectivity index (χ0) is 26.7.